The second-order valence-corrected chi connectivity index (χ2v) is 9.45. The molecule has 32 heavy (non-hydrogen) atoms. The summed E-state index contributed by atoms with van der Waals surface area (Å²) < 4.78 is 27.0. The van der Waals surface area contributed by atoms with Gasteiger partial charge in [0.2, 0.25) is 0 Å². The fourth-order valence-electron chi connectivity index (χ4n) is 3.77. The Hall–Kier alpha value is -3.25. The molecule has 2 bridgehead atoms. The second-order valence-electron chi connectivity index (χ2n) is 7.81. The fourth-order valence-corrected chi connectivity index (χ4v) is 4.22. The van der Waals surface area contributed by atoms with E-state index < -0.39 is 22.1 Å². The Kier molecular flexibility index (Phi) is 5.98. The van der Waals surface area contributed by atoms with E-state index in [1.807, 2.05) is 0 Å². The normalized spacial score (nSPS) is 18.1. The molecule has 1 fully saturated rings. The maximum absolute atomic E-state index is 13.1. The van der Waals surface area contributed by atoms with Crippen LogP contribution in [0.15, 0.2) is 36.5 Å². The quantitative estimate of drug-likeness (QED) is 0.615. The maximum atomic E-state index is 13.1. The van der Waals surface area contributed by atoms with Crippen LogP contribution in [0.4, 0.5) is 22.1 Å². The topological polar surface area (TPSA) is 134 Å². The van der Waals surface area contributed by atoms with E-state index in [1.54, 1.807) is 48.4 Å². The lowest BCUT2D eigenvalue weighted by atomic mass is 10.1. The zero-order valence-corrected chi connectivity index (χ0v) is 18.5. The molecular formula is C20H24N6O5S. The fraction of sp³-hybridized carbons (Fsp3) is 0.400. The molecule has 0 radical (unpaired) electrons. The van der Waals surface area contributed by atoms with Crippen molar-refractivity contribution in [2.75, 3.05) is 41.1 Å². The van der Waals surface area contributed by atoms with E-state index >= 15 is 0 Å². The molecule has 4 heterocycles. The third-order valence-electron chi connectivity index (χ3n) is 5.21. The predicted octanol–water partition coefficient (Wildman–Crippen LogP) is 1.20. The average molecular weight is 461 g/mol. The van der Waals surface area contributed by atoms with Gasteiger partial charge in [0, 0.05) is 19.3 Å². The van der Waals surface area contributed by atoms with Crippen LogP contribution in [-0.4, -0.2) is 68.4 Å². The van der Waals surface area contributed by atoms with E-state index in [0.717, 1.165) is 24.9 Å². The number of hydrogen-bond acceptors (Lipinski definition) is 8. The number of pyridine rings is 2. The highest BCUT2D eigenvalue weighted by molar-refractivity contribution is 7.85. The molecule has 0 unspecified atom stereocenters. The highest BCUT2D eigenvalue weighted by Crippen LogP contribution is 2.39. The smallest absolute Gasteiger partial charge is 0.329 e. The van der Waals surface area contributed by atoms with Crippen LogP contribution in [-0.2, 0) is 14.3 Å². The van der Waals surface area contributed by atoms with Crippen molar-refractivity contribution >= 4 is 39.4 Å². The Morgan fingerprint density at radius 3 is 2.81 bits per heavy atom. The molecule has 3 amide bonds. The van der Waals surface area contributed by atoms with Crippen molar-refractivity contribution in [3.63, 3.8) is 0 Å². The first-order chi connectivity index (χ1) is 15.2. The minimum absolute atomic E-state index is 0.0703. The molecule has 2 N–H and O–H groups in total. The molecule has 0 spiro atoms. The van der Waals surface area contributed by atoms with Crippen LogP contribution in [0.3, 0.4) is 0 Å². The van der Waals surface area contributed by atoms with Gasteiger partial charge in [-0.3, -0.25) is 19.2 Å². The van der Waals surface area contributed by atoms with Gasteiger partial charge in [0.1, 0.15) is 11.5 Å². The second kappa shape index (κ2) is 8.71. The number of carbonyl (C=O) groups excluding carboxylic acids is 2. The minimum Gasteiger partial charge on any atom is -0.366 e. The van der Waals surface area contributed by atoms with Gasteiger partial charge in [-0.15, -0.1) is 0 Å². The number of amides is 3. The highest BCUT2D eigenvalue weighted by Gasteiger charge is 2.40. The van der Waals surface area contributed by atoms with Crippen LogP contribution >= 0.6 is 0 Å². The minimum atomic E-state index is -3.61. The number of nitrogens with one attached hydrogen (secondary N) is 2. The van der Waals surface area contributed by atoms with Crippen LogP contribution in [0.1, 0.15) is 23.8 Å². The maximum Gasteiger partial charge on any atom is 0.329 e. The number of aromatic nitrogens is 2. The summed E-state index contributed by atoms with van der Waals surface area (Å²) in [5, 5.41) is 5.45. The molecule has 1 saturated heterocycles. The number of nitrogens with zero attached hydrogens (tertiary/aromatic N) is 4. The van der Waals surface area contributed by atoms with Gasteiger partial charge in [-0.2, -0.15) is 8.42 Å². The van der Waals surface area contributed by atoms with Crippen molar-refractivity contribution in [2.45, 2.75) is 25.4 Å². The number of urea groups is 1. The van der Waals surface area contributed by atoms with Crippen molar-refractivity contribution in [1.82, 2.24) is 15.3 Å². The van der Waals surface area contributed by atoms with Crippen LogP contribution < -0.4 is 20.4 Å². The van der Waals surface area contributed by atoms with Gasteiger partial charge < -0.3 is 10.2 Å². The average Bonchev–Trinajstić information content (AvgIpc) is 3.16. The van der Waals surface area contributed by atoms with Crippen molar-refractivity contribution in [3.05, 3.63) is 42.2 Å². The molecule has 2 aliphatic rings. The van der Waals surface area contributed by atoms with Crippen molar-refractivity contribution in [1.29, 1.82) is 0 Å². The highest BCUT2D eigenvalue weighted by atomic mass is 32.2. The number of carbonyl (C=O) groups is 2. The Bertz CT molecular complexity index is 1130. The van der Waals surface area contributed by atoms with Crippen LogP contribution in [0.5, 0.6) is 0 Å². The molecule has 0 saturated carbocycles. The molecule has 2 aliphatic heterocycles. The molecule has 0 aliphatic carbocycles. The zero-order chi connectivity index (χ0) is 22.9. The Morgan fingerprint density at radius 1 is 1.28 bits per heavy atom. The lowest BCUT2D eigenvalue weighted by Crippen LogP contribution is -2.48. The summed E-state index contributed by atoms with van der Waals surface area (Å²) in [7, 11) is -3.61. The summed E-state index contributed by atoms with van der Waals surface area (Å²) in [6, 6.07) is 7.60. The first-order valence-electron chi connectivity index (χ1n) is 10.1. The van der Waals surface area contributed by atoms with Crippen LogP contribution in [0, 0.1) is 0 Å². The number of rotatable bonds is 6. The number of fused-ring (bicyclic) bond motifs is 4. The molecule has 4 rings (SSSR count). The first-order valence-corrected chi connectivity index (χ1v) is 12.0. The zero-order valence-electron chi connectivity index (χ0n) is 17.7. The lowest BCUT2D eigenvalue weighted by Gasteiger charge is -2.35. The van der Waals surface area contributed by atoms with Gasteiger partial charge in [0.05, 0.1) is 30.6 Å². The van der Waals surface area contributed by atoms with E-state index in [4.69, 9.17) is 4.18 Å². The van der Waals surface area contributed by atoms with E-state index in [9.17, 15) is 18.0 Å². The Labute approximate surface area is 185 Å². The van der Waals surface area contributed by atoms with E-state index in [1.165, 1.54) is 0 Å². The van der Waals surface area contributed by atoms with Gasteiger partial charge in [0.15, 0.2) is 5.82 Å². The molecule has 11 nitrogen and oxygen atoms in total. The third-order valence-corrected chi connectivity index (χ3v) is 5.78. The summed E-state index contributed by atoms with van der Waals surface area (Å²) in [5.74, 6) is 0.336. The van der Waals surface area contributed by atoms with Crippen molar-refractivity contribution in [3.8, 4) is 0 Å². The van der Waals surface area contributed by atoms with Crippen molar-refractivity contribution in [2.24, 2.45) is 0 Å². The predicted molar refractivity (Wildman–Crippen MR) is 118 cm³/mol. The summed E-state index contributed by atoms with van der Waals surface area (Å²) in [5.41, 5.74) is 0.896. The molecular weight excluding hydrogens is 436 g/mol. The molecule has 2 aromatic rings. The Morgan fingerprint density at radius 2 is 2.09 bits per heavy atom. The van der Waals surface area contributed by atoms with Crippen LogP contribution in [0.25, 0.3) is 0 Å². The SMILES string of the molecule is C[C@@H](COS(C)(=O)=O)NC(=O)c1ccc2c(n1)N(C(=O)Nc1ccccn1)[C@H]1CCN2C1. The largest absolute Gasteiger partial charge is 0.366 e. The molecule has 12 heteroatoms. The van der Waals surface area contributed by atoms with Gasteiger partial charge >= 0.3 is 6.03 Å². The van der Waals surface area contributed by atoms with E-state index in [2.05, 4.69) is 25.5 Å². The summed E-state index contributed by atoms with van der Waals surface area (Å²) in [4.78, 5) is 38.1. The number of anilines is 3. The summed E-state index contributed by atoms with van der Waals surface area (Å²) in [6.45, 7) is 2.91. The van der Waals surface area contributed by atoms with Gasteiger partial charge in [-0.1, -0.05) is 6.07 Å². The van der Waals surface area contributed by atoms with Crippen LogP contribution in [0.2, 0.25) is 0 Å². The summed E-state index contributed by atoms with van der Waals surface area (Å²) in [6.07, 6.45) is 3.32. The standard InChI is InChI=1S/C20H24N6O5S/c1-13(12-31-32(2,29)30)22-19(27)15-6-7-16-18(23-15)26(14-8-10-25(16)11-14)20(28)24-17-5-3-4-9-21-17/h3-7,9,13-14H,8,10-12H2,1-2H3,(H,22,27)(H,21,24,28)/t13-,14-/m0/s1. The van der Waals surface area contributed by atoms with E-state index in [-0.39, 0.29) is 24.4 Å². The summed E-state index contributed by atoms with van der Waals surface area (Å²) >= 11 is 0. The first kappa shape index (κ1) is 22.0. The van der Waals surface area contributed by atoms with Gasteiger partial charge in [-0.25, -0.2) is 14.8 Å². The number of hydrogen-bond donors (Lipinski definition) is 2. The molecule has 2 aromatic heterocycles. The lowest BCUT2D eigenvalue weighted by molar-refractivity contribution is 0.0922. The Balaban J connectivity index is 1.55. The van der Waals surface area contributed by atoms with Crippen molar-refractivity contribution < 1.29 is 22.2 Å². The third kappa shape index (κ3) is 4.81. The monoisotopic (exact) mass is 460 g/mol. The molecule has 170 valence electrons. The molecule has 2 atom stereocenters. The van der Waals surface area contributed by atoms with E-state index in [0.29, 0.717) is 18.2 Å². The molecule has 0 aromatic carbocycles. The van der Waals surface area contributed by atoms with Gasteiger partial charge in [-0.05, 0) is 37.6 Å². The van der Waals surface area contributed by atoms with Gasteiger partial charge in [0.25, 0.3) is 16.0 Å².